The van der Waals surface area contributed by atoms with E-state index in [-0.39, 0.29) is 5.41 Å². The molecule has 3 heterocycles. The molecule has 1 aliphatic carbocycles. The molecule has 0 bridgehead atoms. The van der Waals surface area contributed by atoms with E-state index in [0.717, 1.165) is 12.8 Å². The van der Waals surface area contributed by atoms with Gasteiger partial charge in [-0.2, -0.15) is 0 Å². The van der Waals surface area contributed by atoms with Crippen molar-refractivity contribution in [2.75, 3.05) is 26.4 Å². The lowest BCUT2D eigenvalue weighted by Gasteiger charge is -2.45. The Morgan fingerprint density at radius 2 is 1.73 bits per heavy atom. The van der Waals surface area contributed by atoms with E-state index in [1.165, 1.54) is 19.3 Å². The van der Waals surface area contributed by atoms with Gasteiger partial charge in [-0.15, -0.1) is 0 Å². The van der Waals surface area contributed by atoms with Crippen LogP contribution in [-0.4, -0.2) is 44.8 Å². The monoisotopic (exact) mass is 312 g/mol. The SMILES string of the molecule is CCC1(C)COC2(OCC(CC3CCCC4OC34)CO2)OC1. The Morgan fingerprint density at radius 1 is 1.00 bits per heavy atom. The van der Waals surface area contributed by atoms with E-state index >= 15 is 0 Å². The molecular formula is C17H28O5. The minimum atomic E-state index is -1.24. The number of epoxide rings is 1. The molecule has 0 aromatic carbocycles. The highest BCUT2D eigenvalue weighted by atomic mass is 17.0. The molecule has 1 spiro atoms. The lowest BCUT2D eigenvalue weighted by Crippen LogP contribution is -2.55. The van der Waals surface area contributed by atoms with Crippen molar-refractivity contribution in [1.82, 2.24) is 0 Å². The average molecular weight is 312 g/mol. The molecule has 3 unspecified atom stereocenters. The van der Waals surface area contributed by atoms with Crippen LogP contribution in [0, 0.1) is 17.3 Å². The molecule has 3 aliphatic heterocycles. The molecule has 4 aliphatic rings. The molecule has 0 aromatic rings. The number of hydrogen-bond donors (Lipinski definition) is 0. The predicted octanol–water partition coefficient (Wildman–Crippen LogP) is 2.68. The Morgan fingerprint density at radius 3 is 2.41 bits per heavy atom. The lowest BCUT2D eigenvalue weighted by atomic mass is 9.83. The summed E-state index contributed by atoms with van der Waals surface area (Å²) in [5.41, 5.74) is 0.0647. The van der Waals surface area contributed by atoms with Gasteiger partial charge in [-0.25, -0.2) is 0 Å². The molecule has 4 rings (SSSR count). The number of hydrogen-bond acceptors (Lipinski definition) is 5. The Hall–Kier alpha value is -0.200. The fourth-order valence-electron chi connectivity index (χ4n) is 3.87. The Labute approximate surface area is 132 Å². The minimum absolute atomic E-state index is 0.0647. The van der Waals surface area contributed by atoms with Crippen molar-refractivity contribution < 1.29 is 23.7 Å². The summed E-state index contributed by atoms with van der Waals surface area (Å²) in [7, 11) is 0. The van der Waals surface area contributed by atoms with Gasteiger partial charge in [0.1, 0.15) is 0 Å². The van der Waals surface area contributed by atoms with Crippen LogP contribution in [0.3, 0.4) is 0 Å². The number of fused-ring (bicyclic) bond motifs is 1. The second kappa shape index (κ2) is 5.71. The van der Waals surface area contributed by atoms with Crippen LogP contribution in [0.2, 0.25) is 0 Å². The van der Waals surface area contributed by atoms with Crippen molar-refractivity contribution in [1.29, 1.82) is 0 Å². The van der Waals surface area contributed by atoms with Crippen molar-refractivity contribution in [3.63, 3.8) is 0 Å². The fraction of sp³-hybridized carbons (Fsp3) is 1.00. The van der Waals surface area contributed by atoms with Gasteiger partial charge < -0.3 is 23.7 Å². The zero-order valence-electron chi connectivity index (χ0n) is 13.7. The lowest BCUT2D eigenvalue weighted by molar-refractivity contribution is -0.541. The van der Waals surface area contributed by atoms with Gasteiger partial charge in [0.2, 0.25) is 0 Å². The van der Waals surface area contributed by atoms with Crippen molar-refractivity contribution in [2.24, 2.45) is 17.3 Å². The zero-order valence-corrected chi connectivity index (χ0v) is 13.7. The van der Waals surface area contributed by atoms with Crippen LogP contribution in [-0.2, 0) is 23.7 Å². The Balaban J connectivity index is 1.26. The summed E-state index contributed by atoms with van der Waals surface area (Å²) in [5.74, 6) is 1.10. The van der Waals surface area contributed by atoms with Gasteiger partial charge in [-0.1, -0.05) is 20.3 Å². The molecule has 5 heteroatoms. The molecule has 3 saturated heterocycles. The van der Waals surface area contributed by atoms with Gasteiger partial charge in [0, 0.05) is 11.3 Å². The van der Waals surface area contributed by atoms with Crippen LogP contribution in [0.15, 0.2) is 0 Å². The summed E-state index contributed by atoms with van der Waals surface area (Å²) >= 11 is 0. The fourth-order valence-corrected chi connectivity index (χ4v) is 3.87. The quantitative estimate of drug-likeness (QED) is 0.750. The standard InChI is InChI=1S/C17H28O5/c1-3-16(2)10-20-17(21-11-16)18-8-12(9-19-17)7-13-5-4-6-14-15(13)22-14/h12-15H,3-11H2,1-2H3. The first-order chi connectivity index (χ1) is 10.6. The van der Waals surface area contributed by atoms with E-state index < -0.39 is 6.16 Å². The third-order valence-corrected chi connectivity index (χ3v) is 5.83. The summed E-state index contributed by atoms with van der Waals surface area (Å²) in [6.07, 6.45) is 5.80. The predicted molar refractivity (Wildman–Crippen MR) is 79.0 cm³/mol. The smallest absolute Gasteiger partial charge is 0.369 e. The number of ether oxygens (including phenoxy) is 5. The van der Waals surface area contributed by atoms with Crippen molar-refractivity contribution >= 4 is 0 Å². The second-order valence-corrected chi connectivity index (χ2v) is 7.80. The Bertz CT molecular complexity index is 394. The average Bonchev–Trinajstić information content (AvgIpc) is 3.34. The molecule has 4 fully saturated rings. The summed E-state index contributed by atoms with van der Waals surface area (Å²) < 4.78 is 29.0. The molecule has 3 atom stereocenters. The van der Waals surface area contributed by atoms with Crippen molar-refractivity contribution in [3.05, 3.63) is 0 Å². The third kappa shape index (κ3) is 2.94. The van der Waals surface area contributed by atoms with E-state index in [4.69, 9.17) is 23.7 Å². The molecule has 1 saturated carbocycles. The molecule has 5 nitrogen and oxygen atoms in total. The summed E-state index contributed by atoms with van der Waals surface area (Å²) in [6.45, 7) is 6.86. The van der Waals surface area contributed by atoms with Crippen molar-refractivity contribution in [2.45, 2.75) is 64.3 Å². The maximum absolute atomic E-state index is 5.84. The first kappa shape index (κ1) is 15.3. The first-order valence-corrected chi connectivity index (χ1v) is 8.83. The van der Waals surface area contributed by atoms with E-state index in [1.807, 2.05) is 0 Å². The van der Waals surface area contributed by atoms with Crippen LogP contribution in [0.1, 0.15) is 46.0 Å². The maximum Gasteiger partial charge on any atom is 0.412 e. The van der Waals surface area contributed by atoms with Gasteiger partial charge in [-0.3, -0.25) is 0 Å². The summed E-state index contributed by atoms with van der Waals surface area (Å²) in [5, 5.41) is 0. The van der Waals surface area contributed by atoms with Gasteiger partial charge in [0.15, 0.2) is 0 Å². The summed E-state index contributed by atoms with van der Waals surface area (Å²) in [6, 6.07) is 0. The third-order valence-electron chi connectivity index (χ3n) is 5.83. The summed E-state index contributed by atoms with van der Waals surface area (Å²) in [4.78, 5) is 0. The van der Waals surface area contributed by atoms with E-state index in [2.05, 4.69) is 13.8 Å². The molecule has 0 aromatic heterocycles. The van der Waals surface area contributed by atoms with E-state index in [0.29, 0.717) is 50.5 Å². The van der Waals surface area contributed by atoms with Gasteiger partial charge in [0.05, 0.1) is 38.6 Å². The zero-order chi connectivity index (χ0) is 15.2. The van der Waals surface area contributed by atoms with Gasteiger partial charge >= 0.3 is 6.16 Å². The van der Waals surface area contributed by atoms with Crippen LogP contribution in [0.5, 0.6) is 0 Å². The van der Waals surface area contributed by atoms with Crippen molar-refractivity contribution in [3.8, 4) is 0 Å². The molecule has 0 radical (unpaired) electrons. The molecule has 126 valence electrons. The van der Waals surface area contributed by atoms with Gasteiger partial charge in [0.25, 0.3) is 0 Å². The topological polar surface area (TPSA) is 49.5 Å². The molecule has 0 amide bonds. The van der Waals surface area contributed by atoms with E-state index in [1.54, 1.807) is 0 Å². The van der Waals surface area contributed by atoms with Crippen LogP contribution in [0.25, 0.3) is 0 Å². The Kier molecular flexibility index (Phi) is 3.98. The molecule has 0 N–H and O–H groups in total. The van der Waals surface area contributed by atoms with Crippen LogP contribution >= 0.6 is 0 Å². The number of rotatable bonds is 3. The molecule has 22 heavy (non-hydrogen) atoms. The molecular weight excluding hydrogens is 284 g/mol. The first-order valence-electron chi connectivity index (χ1n) is 8.83. The van der Waals surface area contributed by atoms with Crippen LogP contribution in [0.4, 0.5) is 0 Å². The minimum Gasteiger partial charge on any atom is -0.369 e. The highest BCUT2D eigenvalue weighted by Gasteiger charge is 2.50. The van der Waals surface area contributed by atoms with Crippen LogP contribution < -0.4 is 0 Å². The van der Waals surface area contributed by atoms with E-state index in [9.17, 15) is 0 Å². The highest BCUT2D eigenvalue weighted by Crippen LogP contribution is 2.44. The normalized spacial score (nSPS) is 51.5. The maximum atomic E-state index is 5.84. The highest BCUT2D eigenvalue weighted by molar-refractivity contribution is 4.95. The van der Waals surface area contributed by atoms with Gasteiger partial charge in [-0.05, 0) is 31.6 Å². The largest absolute Gasteiger partial charge is 0.412 e. The second-order valence-electron chi connectivity index (χ2n) is 7.80.